The van der Waals surface area contributed by atoms with Gasteiger partial charge in [0.25, 0.3) is 5.91 Å². The molecule has 0 aliphatic carbocycles. The smallest absolute Gasteiger partial charge is 0.316 e. The minimum Gasteiger partial charge on any atom is -0.497 e. The number of rotatable bonds is 8. The highest BCUT2D eigenvalue weighted by atomic mass is 16.5. The van der Waals surface area contributed by atoms with Crippen LogP contribution >= 0.6 is 0 Å². The summed E-state index contributed by atoms with van der Waals surface area (Å²) in [5, 5.41) is 14.3. The predicted octanol–water partition coefficient (Wildman–Crippen LogP) is 2.11. The van der Waals surface area contributed by atoms with Gasteiger partial charge >= 0.3 is 12.0 Å². The number of hydrogen-bond donors (Lipinski definition) is 3. The number of methoxy groups -OCH3 is 2. The van der Waals surface area contributed by atoms with Gasteiger partial charge in [-0.05, 0) is 35.4 Å². The molecule has 1 aliphatic rings. The average molecular weight is 467 g/mol. The van der Waals surface area contributed by atoms with Crippen molar-refractivity contribution in [2.24, 2.45) is 0 Å². The maximum Gasteiger partial charge on any atom is 0.316 e. The van der Waals surface area contributed by atoms with E-state index in [0.717, 1.165) is 5.56 Å². The van der Waals surface area contributed by atoms with E-state index in [0.29, 0.717) is 22.6 Å². The number of aliphatic carboxylic acids is 1. The number of benzene rings is 2. The zero-order chi connectivity index (χ0) is 24.8. The van der Waals surface area contributed by atoms with Gasteiger partial charge in [-0.2, -0.15) is 0 Å². The molecular formula is C24H25N3O7. The Labute approximate surface area is 196 Å². The van der Waals surface area contributed by atoms with E-state index in [4.69, 9.17) is 9.47 Å². The molecule has 2 aromatic rings. The van der Waals surface area contributed by atoms with Crippen molar-refractivity contribution in [1.29, 1.82) is 0 Å². The van der Waals surface area contributed by atoms with Gasteiger partial charge < -0.3 is 30.1 Å². The largest absolute Gasteiger partial charge is 0.497 e. The van der Waals surface area contributed by atoms with Crippen molar-refractivity contribution in [2.75, 3.05) is 21.3 Å². The molecule has 0 saturated heterocycles. The lowest BCUT2D eigenvalue weighted by molar-refractivity contribution is -0.138. The number of likely N-dealkylation sites (N-methyl/N-ethyl adjacent to an activating group) is 1. The minimum atomic E-state index is -1.39. The molecule has 0 aromatic heterocycles. The Morgan fingerprint density at radius 3 is 2.56 bits per heavy atom. The van der Waals surface area contributed by atoms with Crippen LogP contribution in [0, 0.1) is 0 Å². The summed E-state index contributed by atoms with van der Waals surface area (Å²) in [7, 11) is 4.53. The fourth-order valence-corrected chi connectivity index (χ4v) is 3.53. The number of amides is 3. The molecule has 10 heteroatoms. The number of ether oxygens (including phenoxy) is 2. The van der Waals surface area contributed by atoms with Crippen LogP contribution in [0.5, 0.6) is 11.5 Å². The first-order valence-corrected chi connectivity index (χ1v) is 10.3. The molecule has 178 valence electrons. The Morgan fingerprint density at radius 1 is 1.12 bits per heavy atom. The summed E-state index contributed by atoms with van der Waals surface area (Å²) in [5.41, 5.74) is 1.93. The molecular weight excluding hydrogens is 442 g/mol. The van der Waals surface area contributed by atoms with Gasteiger partial charge in [-0.25, -0.2) is 4.79 Å². The molecule has 0 radical (unpaired) electrons. The molecule has 0 spiro atoms. The minimum absolute atomic E-state index is 0.427. The second kappa shape index (κ2) is 10.5. The first-order chi connectivity index (χ1) is 16.2. The molecule has 2 aromatic carbocycles. The monoisotopic (exact) mass is 467 g/mol. The molecule has 3 rings (SSSR count). The van der Waals surface area contributed by atoms with Crippen LogP contribution in [0.25, 0.3) is 11.1 Å². The van der Waals surface area contributed by atoms with Crippen LogP contribution in [-0.4, -0.2) is 61.0 Å². The number of nitrogens with one attached hydrogen (secondary N) is 2. The van der Waals surface area contributed by atoms with Crippen molar-refractivity contribution in [3.8, 4) is 22.6 Å². The Bertz CT molecular complexity index is 1150. The Morgan fingerprint density at radius 2 is 1.88 bits per heavy atom. The lowest BCUT2D eigenvalue weighted by Gasteiger charge is -2.25. The number of nitrogens with zero attached hydrogens (tertiary/aromatic N) is 1. The zero-order valence-electron chi connectivity index (χ0n) is 18.9. The number of hydrogen-bond acceptors (Lipinski definition) is 6. The summed E-state index contributed by atoms with van der Waals surface area (Å²) in [4.78, 5) is 49.6. The summed E-state index contributed by atoms with van der Waals surface area (Å²) in [6, 6.07) is 9.10. The number of carboxylic acid groups (broad SMARTS) is 1. The fourth-order valence-electron chi connectivity index (χ4n) is 3.53. The van der Waals surface area contributed by atoms with Gasteiger partial charge in [-0.3, -0.25) is 14.4 Å². The van der Waals surface area contributed by atoms with Crippen LogP contribution < -0.4 is 20.1 Å². The molecule has 3 amide bonds. The normalized spacial score (nSPS) is 16.1. The molecule has 1 unspecified atom stereocenters. The van der Waals surface area contributed by atoms with Crippen LogP contribution in [0.2, 0.25) is 0 Å². The van der Waals surface area contributed by atoms with Crippen molar-refractivity contribution in [1.82, 2.24) is 15.5 Å². The van der Waals surface area contributed by atoms with Crippen molar-refractivity contribution in [3.05, 3.63) is 60.3 Å². The second-order valence-corrected chi connectivity index (χ2v) is 7.56. The van der Waals surface area contributed by atoms with Gasteiger partial charge in [0, 0.05) is 24.9 Å². The molecule has 1 heterocycles. The van der Waals surface area contributed by atoms with Gasteiger partial charge in [-0.15, -0.1) is 0 Å². The highest BCUT2D eigenvalue weighted by molar-refractivity contribution is 6.14. The molecule has 34 heavy (non-hydrogen) atoms. The van der Waals surface area contributed by atoms with Crippen LogP contribution in [0.3, 0.4) is 0 Å². The van der Waals surface area contributed by atoms with E-state index in [9.17, 15) is 24.3 Å². The van der Waals surface area contributed by atoms with Gasteiger partial charge in [0.1, 0.15) is 11.5 Å². The second-order valence-electron chi connectivity index (χ2n) is 7.56. The van der Waals surface area contributed by atoms with Crippen LogP contribution in [0.15, 0.2) is 54.7 Å². The summed E-state index contributed by atoms with van der Waals surface area (Å²) < 4.78 is 10.7. The Kier molecular flexibility index (Phi) is 7.52. The molecule has 10 nitrogen and oxygen atoms in total. The van der Waals surface area contributed by atoms with E-state index in [1.54, 1.807) is 37.4 Å². The van der Waals surface area contributed by atoms with E-state index in [1.807, 2.05) is 12.1 Å². The first kappa shape index (κ1) is 24.3. The lowest BCUT2D eigenvalue weighted by atomic mass is 9.96. The maximum atomic E-state index is 12.6. The molecule has 3 N–H and O–H groups in total. The highest BCUT2D eigenvalue weighted by Crippen LogP contribution is 2.34. The van der Waals surface area contributed by atoms with E-state index >= 15 is 0 Å². The van der Waals surface area contributed by atoms with E-state index < -0.39 is 42.2 Å². The van der Waals surface area contributed by atoms with E-state index in [-0.39, 0.29) is 0 Å². The van der Waals surface area contributed by atoms with Crippen molar-refractivity contribution in [2.45, 2.75) is 18.5 Å². The third kappa shape index (κ3) is 5.52. The fraction of sp³-hybridized carbons (Fsp3) is 0.250. The van der Waals surface area contributed by atoms with Crippen molar-refractivity contribution < 1.29 is 33.8 Å². The van der Waals surface area contributed by atoms with Crippen LogP contribution in [0.4, 0.5) is 4.79 Å². The summed E-state index contributed by atoms with van der Waals surface area (Å²) in [5.74, 6) is -1.13. The van der Waals surface area contributed by atoms with Gasteiger partial charge in [-0.1, -0.05) is 18.2 Å². The van der Waals surface area contributed by atoms with Gasteiger partial charge in [0.05, 0.1) is 26.7 Å². The molecule has 0 bridgehead atoms. The van der Waals surface area contributed by atoms with Crippen molar-refractivity contribution >= 4 is 23.7 Å². The highest BCUT2D eigenvalue weighted by Gasteiger charge is 2.32. The number of carbonyl (C=O) groups is 4. The third-order valence-electron chi connectivity index (χ3n) is 5.31. The summed E-state index contributed by atoms with van der Waals surface area (Å²) >= 11 is 0. The SMILES string of the molecule is COc1cccc(-c2cc([C@H](CC(=O)O)NC(=O)NC3C(=O)C=CN(C)C3=O)ccc2OC)c1. The number of carbonyl (C=O) groups excluding carboxylic acids is 3. The molecule has 0 saturated carbocycles. The van der Waals surface area contributed by atoms with Crippen LogP contribution in [0.1, 0.15) is 18.0 Å². The number of carboxylic acids is 1. The number of urea groups is 1. The van der Waals surface area contributed by atoms with E-state index in [1.165, 1.54) is 31.3 Å². The van der Waals surface area contributed by atoms with Gasteiger partial charge in [0.2, 0.25) is 0 Å². The summed E-state index contributed by atoms with van der Waals surface area (Å²) in [6.45, 7) is 0. The molecule has 2 atom stereocenters. The van der Waals surface area contributed by atoms with E-state index in [2.05, 4.69) is 10.6 Å². The zero-order valence-corrected chi connectivity index (χ0v) is 18.9. The molecule has 0 fully saturated rings. The Hall–Kier alpha value is -4.34. The predicted molar refractivity (Wildman–Crippen MR) is 122 cm³/mol. The topological polar surface area (TPSA) is 134 Å². The third-order valence-corrected chi connectivity index (χ3v) is 5.31. The number of ketones is 1. The summed E-state index contributed by atoms with van der Waals surface area (Å²) in [6.07, 6.45) is 2.07. The van der Waals surface area contributed by atoms with Crippen LogP contribution in [-0.2, 0) is 14.4 Å². The maximum absolute atomic E-state index is 12.6. The molecule has 1 aliphatic heterocycles. The van der Waals surface area contributed by atoms with Gasteiger partial charge in [0.15, 0.2) is 11.8 Å². The average Bonchev–Trinajstić information content (AvgIpc) is 2.83. The quantitative estimate of drug-likeness (QED) is 0.506. The van der Waals surface area contributed by atoms with Crippen molar-refractivity contribution in [3.63, 3.8) is 0 Å². The Balaban J connectivity index is 1.89. The first-order valence-electron chi connectivity index (χ1n) is 10.3. The lowest BCUT2D eigenvalue weighted by Crippen LogP contribution is -2.55. The standard InChI is InChI=1S/C24H25N3O7/c1-27-10-9-19(28)22(23(27)31)26-24(32)25-18(13-21(29)30)15-7-8-20(34-3)17(12-15)14-5-4-6-16(11-14)33-2/h4-12,18,22H,13H2,1-3H3,(H,29,30)(H2,25,26,32)/t18-,22?/m0/s1.